The third-order valence-electron chi connectivity index (χ3n) is 11.0. The summed E-state index contributed by atoms with van der Waals surface area (Å²) >= 11 is 1.19. The van der Waals surface area contributed by atoms with E-state index in [2.05, 4.69) is 4.98 Å². The summed E-state index contributed by atoms with van der Waals surface area (Å²) in [5.41, 5.74) is -5.19. The highest BCUT2D eigenvalue weighted by atomic mass is 32.1. The average molecular weight is 604 g/mol. The standard InChI is InChI=1S/C32H33F4NO4S/c1-17-12-23-22-9-8-20-13-21(38)10-11-28(20,2)30(22,33)26(40)15-29(23,3)31(17,41)25-16-42-27(37-25)14-24(39)18-4-6-19(7-5-18)32(34,35)36/h4-7,10-11,13,16-17,22-23,26,40-41H,8-9,12,14-15H2,1-3H3/t17-,22+,23+,26+,28+,29+,30+,31+/m1/s1. The van der Waals surface area contributed by atoms with E-state index in [-0.39, 0.29) is 36.0 Å². The molecule has 0 amide bonds. The summed E-state index contributed by atoms with van der Waals surface area (Å²) in [6.07, 6.45) is -0.0673. The van der Waals surface area contributed by atoms with E-state index >= 15 is 4.39 Å². The number of rotatable bonds is 4. The number of Topliss-reactive ketones (excluding diaryl/α,β-unsaturated/α-hetero) is 1. The van der Waals surface area contributed by atoms with Gasteiger partial charge in [0, 0.05) is 27.7 Å². The first-order valence-electron chi connectivity index (χ1n) is 14.2. The smallest absolute Gasteiger partial charge is 0.390 e. The van der Waals surface area contributed by atoms with Gasteiger partial charge in [0.15, 0.2) is 17.2 Å². The van der Waals surface area contributed by atoms with Gasteiger partial charge in [-0.05, 0) is 68.7 Å². The van der Waals surface area contributed by atoms with Crippen LogP contribution in [0, 0.1) is 28.6 Å². The monoisotopic (exact) mass is 603 g/mol. The molecule has 1 aromatic carbocycles. The lowest BCUT2D eigenvalue weighted by Crippen LogP contribution is -2.68. The zero-order valence-corrected chi connectivity index (χ0v) is 24.4. The largest absolute Gasteiger partial charge is 0.416 e. The number of carbonyl (C=O) groups excluding carboxylic acids is 2. The van der Waals surface area contributed by atoms with Crippen LogP contribution in [0.1, 0.15) is 73.1 Å². The number of carbonyl (C=O) groups is 2. The summed E-state index contributed by atoms with van der Waals surface area (Å²) in [6, 6.07) is 4.03. The van der Waals surface area contributed by atoms with Gasteiger partial charge in [0.2, 0.25) is 0 Å². The van der Waals surface area contributed by atoms with Crippen molar-refractivity contribution in [3.05, 3.63) is 75.3 Å². The highest BCUT2D eigenvalue weighted by Crippen LogP contribution is 2.72. The number of allylic oxidation sites excluding steroid dienone is 4. The van der Waals surface area contributed by atoms with Crippen LogP contribution in [0.3, 0.4) is 0 Å². The number of ketones is 2. The lowest BCUT2D eigenvalue weighted by molar-refractivity contribution is -0.223. The molecule has 6 rings (SSSR count). The maximum absolute atomic E-state index is 17.4. The number of aliphatic hydroxyl groups is 2. The SMILES string of the molecule is C[C@@H]1C[C@H]2[C@@H]3CCC4=CC(=O)C=C[C@]4(C)[C@@]3(F)[C@@H](O)C[C@]2(C)[C@@]1(O)c1csc(CC(=O)c2ccc(C(F)(F)F)cc2)n1. The third kappa shape index (κ3) is 3.90. The van der Waals surface area contributed by atoms with E-state index in [1.54, 1.807) is 18.4 Å². The van der Waals surface area contributed by atoms with Crippen LogP contribution in [0.15, 0.2) is 53.4 Å². The van der Waals surface area contributed by atoms with Gasteiger partial charge < -0.3 is 10.2 Å². The van der Waals surface area contributed by atoms with Gasteiger partial charge in [-0.1, -0.05) is 37.6 Å². The summed E-state index contributed by atoms with van der Waals surface area (Å²) < 4.78 is 56.1. The van der Waals surface area contributed by atoms with Crippen molar-refractivity contribution in [2.24, 2.45) is 28.6 Å². The van der Waals surface area contributed by atoms with Crippen molar-refractivity contribution < 1.29 is 37.4 Å². The molecule has 0 radical (unpaired) electrons. The summed E-state index contributed by atoms with van der Waals surface area (Å²) in [5, 5.41) is 26.1. The third-order valence-corrected chi connectivity index (χ3v) is 11.9. The first kappa shape index (κ1) is 29.4. The Bertz CT molecular complexity index is 1510. The number of alkyl halides is 4. The van der Waals surface area contributed by atoms with E-state index in [1.807, 2.05) is 13.8 Å². The second-order valence-corrected chi connectivity index (χ2v) is 13.9. The van der Waals surface area contributed by atoms with E-state index < -0.39 is 51.6 Å². The predicted molar refractivity (Wildman–Crippen MR) is 148 cm³/mol. The first-order valence-corrected chi connectivity index (χ1v) is 15.1. The molecular weight excluding hydrogens is 570 g/mol. The van der Waals surface area contributed by atoms with Crippen LogP contribution >= 0.6 is 11.3 Å². The van der Waals surface area contributed by atoms with E-state index in [1.165, 1.54) is 23.5 Å². The summed E-state index contributed by atoms with van der Waals surface area (Å²) in [7, 11) is 0. The van der Waals surface area contributed by atoms with Crippen molar-refractivity contribution in [2.75, 3.05) is 0 Å². The molecular formula is C32H33F4NO4S. The van der Waals surface area contributed by atoms with Gasteiger partial charge in [-0.25, -0.2) is 9.37 Å². The van der Waals surface area contributed by atoms with Gasteiger partial charge in [-0.15, -0.1) is 11.3 Å². The van der Waals surface area contributed by atoms with Gasteiger partial charge in [0.25, 0.3) is 0 Å². The predicted octanol–water partition coefficient (Wildman–Crippen LogP) is 6.39. The quantitative estimate of drug-likeness (QED) is 0.312. The van der Waals surface area contributed by atoms with Crippen molar-refractivity contribution in [1.82, 2.24) is 4.98 Å². The van der Waals surface area contributed by atoms with E-state index in [9.17, 15) is 33.0 Å². The van der Waals surface area contributed by atoms with Crippen LogP contribution in [0.25, 0.3) is 0 Å². The lowest BCUT2D eigenvalue weighted by atomic mass is 9.44. The molecule has 0 unspecified atom stereocenters. The van der Waals surface area contributed by atoms with Crippen LogP contribution in [-0.2, 0) is 23.0 Å². The van der Waals surface area contributed by atoms with Crippen LogP contribution in [0.2, 0.25) is 0 Å². The van der Waals surface area contributed by atoms with Crippen molar-refractivity contribution in [3.8, 4) is 0 Å². The maximum atomic E-state index is 17.4. The molecule has 2 N–H and O–H groups in total. The van der Waals surface area contributed by atoms with Gasteiger partial charge in [0.1, 0.15) is 10.6 Å². The normalized spacial score (nSPS) is 39.4. The number of hydrogen-bond acceptors (Lipinski definition) is 6. The molecule has 0 spiro atoms. The zero-order chi connectivity index (χ0) is 30.5. The number of thiazole rings is 1. The molecule has 2 aromatic rings. The van der Waals surface area contributed by atoms with Gasteiger partial charge in [0.05, 0.1) is 23.8 Å². The molecule has 3 fully saturated rings. The van der Waals surface area contributed by atoms with Crippen LogP contribution < -0.4 is 0 Å². The molecule has 3 saturated carbocycles. The van der Waals surface area contributed by atoms with Crippen molar-refractivity contribution in [2.45, 2.75) is 76.4 Å². The van der Waals surface area contributed by atoms with E-state index in [0.29, 0.717) is 35.5 Å². The first-order chi connectivity index (χ1) is 19.6. The minimum absolute atomic E-state index is 0.00644. The molecule has 4 aliphatic carbocycles. The highest BCUT2D eigenvalue weighted by molar-refractivity contribution is 7.09. The van der Waals surface area contributed by atoms with Crippen LogP contribution in [0.5, 0.6) is 0 Å². The number of benzene rings is 1. The average Bonchev–Trinajstić information content (AvgIpc) is 3.47. The summed E-state index contributed by atoms with van der Waals surface area (Å²) in [5.74, 6) is -1.72. The Hall–Kier alpha value is -2.69. The lowest BCUT2D eigenvalue weighted by Gasteiger charge is -2.62. The number of aromatic nitrogens is 1. The Balaban J connectivity index is 1.29. The molecule has 0 saturated heterocycles. The van der Waals surface area contributed by atoms with E-state index in [0.717, 1.165) is 24.3 Å². The molecule has 0 bridgehead atoms. The molecule has 0 aliphatic heterocycles. The molecule has 10 heteroatoms. The van der Waals surface area contributed by atoms with Crippen molar-refractivity contribution >= 4 is 22.9 Å². The Kier molecular flexibility index (Phi) is 6.58. The number of hydrogen-bond donors (Lipinski definition) is 2. The van der Waals surface area contributed by atoms with Crippen LogP contribution in [-0.4, -0.2) is 38.5 Å². The van der Waals surface area contributed by atoms with Crippen molar-refractivity contribution in [3.63, 3.8) is 0 Å². The molecule has 224 valence electrons. The van der Waals surface area contributed by atoms with Crippen molar-refractivity contribution in [1.29, 1.82) is 0 Å². The minimum atomic E-state index is -4.50. The number of nitrogens with zero attached hydrogens (tertiary/aromatic N) is 1. The zero-order valence-electron chi connectivity index (χ0n) is 23.5. The highest BCUT2D eigenvalue weighted by Gasteiger charge is 2.74. The number of fused-ring (bicyclic) bond motifs is 5. The summed E-state index contributed by atoms with van der Waals surface area (Å²) in [4.78, 5) is 29.6. The second kappa shape index (κ2) is 9.40. The fraction of sp³-hybridized carbons (Fsp3) is 0.531. The Morgan fingerprint density at radius 1 is 1.17 bits per heavy atom. The molecule has 1 aromatic heterocycles. The van der Waals surface area contributed by atoms with E-state index in [4.69, 9.17) is 0 Å². The minimum Gasteiger partial charge on any atom is -0.390 e. The van der Waals surface area contributed by atoms with Gasteiger partial charge in [-0.2, -0.15) is 13.2 Å². The molecule has 5 nitrogen and oxygen atoms in total. The Morgan fingerprint density at radius 2 is 1.86 bits per heavy atom. The number of halogens is 4. The maximum Gasteiger partial charge on any atom is 0.416 e. The summed E-state index contributed by atoms with van der Waals surface area (Å²) in [6.45, 7) is 5.55. The fourth-order valence-electron chi connectivity index (χ4n) is 8.74. The van der Waals surface area contributed by atoms with Gasteiger partial charge >= 0.3 is 6.18 Å². The number of aliphatic hydroxyl groups excluding tert-OH is 1. The molecule has 8 atom stereocenters. The van der Waals surface area contributed by atoms with Crippen LogP contribution in [0.4, 0.5) is 17.6 Å². The second-order valence-electron chi connectivity index (χ2n) is 13.0. The van der Waals surface area contributed by atoms with Gasteiger partial charge in [-0.3, -0.25) is 9.59 Å². The molecule has 42 heavy (non-hydrogen) atoms. The topological polar surface area (TPSA) is 87.5 Å². The molecule has 1 heterocycles. The Labute approximate surface area is 245 Å². The molecule has 4 aliphatic rings. The fourth-order valence-corrected chi connectivity index (χ4v) is 9.59. The Morgan fingerprint density at radius 3 is 2.52 bits per heavy atom.